The molecule has 0 amide bonds. The Hall–Kier alpha value is -1.86. The van der Waals surface area contributed by atoms with Crippen molar-refractivity contribution in [3.63, 3.8) is 0 Å². The second kappa shape index (κ2) is 5.87. The van der Waals surface area contributed by atoms with Gasteiger partial charge in [-0.05, 0) is 43.2 Å². The average Bonchev–Trinajstić information content (AvgIpc) is 2.94. The third kappa shape index (κ3) is 3.08. The first-order chi connectivity index (χ1) is 9.86. The van der Waals surface area contributed by atoms with Crippen LogP contribution in [0.5, 0.6) is 5.75 Å². The number of rotatable bonds is 5. The van der Waals surface area contributed by atoms with Crippen LogP contribution < -0.4 is 4.74 Å². The number of hydrogen-bond acceptors (Lipinski definition) is 4. The topological polar surface area (TPSA) is 75.3 Å². The molecule has 2 rings (SSSR count). The highest BCUT2D eigenvalue weighted by Crippen LogP contribution is 2.29. The van der Waals surface area contributed by atoms with Crippen LogP contribution >= 0.6 is 0 Å². The van der Waals surface area contributed by atoms with Crippen molar-refractivity contribution < 1.29 is 13.2 Å². The fourth-order valence-electron chi connectivity index (χ4n) is 1.99. The largest absolute Gasteiger partial charge is 0.495 e. The quantitative estimate of drug-likeness (QED) is 0.914. The molecule has 0 aliphatic rings. The van der Waals surface area contributed by atoms with Gasteiger partial charge in [0, 0.05) is 13.2 Å². The Morgan fingerprint density at radius 3 is 2.52 bits per heavy atom. The molecule has 1 N–H and O–H groups in total. The number of aryl methyl sites for hydroxylation is 2. The van der Waals surface area contributed by atoms with Crippen LogP contribution in [0.2, 0.25) is 0 Å². The SMILES string of the molecule is COc1cc(C)c(C)cc1S(=O)(=O)N(C)Cc1ccn[nH]1. The Balaban J connectivity index is 2.41. The fraction of sp³-hybridized carbons (Fsp3) is 0.357. The first-order valence-electron chi connectivity index (χ1n) is 6.46. The molecule has 0 aliphatic carbocycles. The van der Waals surface area contributed by atoms with E-state index in [2.05, 4.69) is 10.2 Å². The lowest BCUT2D eigenvalue weighted by molar-refractivity contribution is 0.396. The predicted molar refractivity (Wildman–Crippen MR) is 79.7 cm³/mol. The molecule has 114 valence electrons. The molecule has 6 nitrogen and oxygen atoms in total. The zero-order chi connectivity index (χ0) is 15.6. The van der Waals surface area contributed by atoms with Gasteiger partial charge in [0.1, 0.15) is 10.6 Å². The van der Waals surface area contributed by atoms with Crippen LogP contribution in [0.1, 0.15) is 16.8 Å². The second-order valence-corrected chi connectivity index (χ2v) is 6.94. The van der Waals surface area contributed by atoms with E-state index in [1.807, 2.05) is 13.8 Å². The summed E-state index contributed by atoms with van der Waals surface area (Å²) in [5.41, 5.74) is 2.62. The molecule has 2 aromatic rings. The molecule has 1 heterocycles. The van der Waals surface area contributed by atoms with Gasteiger partial charge >= 0.3 is 0 Å². The van der Waals surface area contributed by atoms with Crippen molar-refractivity contribution in [1.29, 1.82) is 0 Å². The maximum atomic E-state index is 12.7. The summed E-state index contributed by atoms with van der Waals surface area (Å²) in [4.78, 5) is 0.176. The molecule has 0 atom stereocenters. The van der Waals surface area contributed by atoms with E-state index in [1.165, 1.54) is 18.5 Å². The Morgan fingerprint density at radius 2 is 1.95 bits per heavy atom. The highest BCUT2D eigenvalue weighted by molar-refractivity contribution is 7.89. The molecular formula is C14H19N3O3S. The van der Waals surface area contributed by atoms with Gasteiger partial charge in [0.15, 0.2) is 0 Å². The summed E-state index contributed by atoms with van der Waals surface area (Å²) in [6.45, 7) is 4.02. The van der Waals surface area contributed by atoms with Crippen molar-refractivity contribution >= 4 is 10.0 Å². The monoisotopic (exact) mass is 309 g/mol. The normalized spacial score (nSPS) is 11.9. The predicted octanol–water partition coefficient (Wildman–Crippen LogP) is 1.86. The number of aromatic amines is 1. The summed E-state index contributed by atoms with van der Waals surface area (Å²) in [6, 6.07) is 5.13. The minimum absolute atomic E-state index is 0.176. The number of aromatic nitrogens is 2. The first-order valence-corrected chi connectivity index (χ1v) is 7.90. The minimum atomic E-state index is -3.64. The van der Waals surface area contributed by atoms with Crippen molar-refractivity contribution in [3.05, 3.63) is 41.2 Å². The zero-order valence-corrected chi connectivity index (χ0v) is 13.4. The summed E-state index contributed by atoms with van der Waals surface area (Å²) in [5.74, 6) is 0.356. The fourth-order valence-corrected chi connectivity index (χ4v) is 3.36. The standard InChI is InChI=1S/C14H19N3O3S/c1-10-7-13(20-4)14(8-11(10)2)21(18,19)17(3)9-12-5-6-15-16-12/h5-8H,9H2,1-4H3,(H,15,16). The van der Waals surface area contributed by atoms with Crippen molar-refractivity contribution in [2.45, 2.75) is 25.3 Å². The van der Waals surface area contributed by atoms with Crippen LogP contribution in [0, 0.1) is 13.8 Å². The first kappa shape index (κ1) is 15.5. The van der Waals surface area contributed by atoms with Crippen molar-refractivity contribution in [3.8, 4) is 5.75 Å². The van der Waals surface area contributed by atoms with Gasteiger partial charge in [0.05, 0.1) is 19.3 Å². The molecule has 0 radical (unpaired) electrons. The highest BCUT2D eigenvalue weighted by atomic mass is 32.2. The Kier molecular flexibility index (Phi) is 4.34. The average molecular weight is 309 g/mol. The second-order valence-electron chi connectivity index (χ2n) is 4.93. The third-order valence-corrected chi connectivity index (χ3v) is 5.24. The number of sulfonamides is 1. The van der Waals surface area contributed by atoms with E-state index in [-0.39, 0.29) is 11.4 Å². The Bertz CT molecular complexity index is 724. The van der Waals surface area contributed by atoms with Crippen molar-refractivity contribution in [2.24, 2.45) is 0 Å². The van der Waals surface area contributed by atoms with Gasteiger partial charge in [-0.3, -0.25) is 5.10 Å². The number of methoxy groups -OCH3 is 1. The van der Waals surface area contributed by atoms with E-state index in [4.69, 9.17) is 4.74 Å². The molecule has 1 aromatic carbocycles. The van der Waals surface area contributed by atoms with Gasteiger partial charge in [0.2, 0.25) is 10.0 Å². The highest BCUT2D eigenvalue weighted by Gasteiger charge is 2.26. The van der Waals surface area contributed by atoms with E-state index >= 15 is 0 Å². The van der Waals surface area contributed by atoms with Gasteiger partial charge in [-0.15, -0.1) is 0 Å². The van der Waals surface area contributed by atoms with E-state index in [9.17, 15) is 8.42 Å². The zero-order valence-electron chi connectivity index (χ0n) is 12.5. The molecule has 0 saturated carbocycles. The van der Waals surface area contributed by atoms with Crippen LogP contribution in [-0.2, 0) is 16.6 Å². The summed E-state index contributed by atoms with van der Waals surface area (Å²) in [6.07, 6.45) is 1.59. The number of ether oxygens (including phenoxy) is 1. The van der Waals surface area contributed by atoms with Crippen LogP contribution in [0.3, 0.4) is 0 Å². The van der Waals surface area contributed by atoms with Gasteiger partial charge in [0.25, 0.3) is 0 Å². The molecule has 0 saturated heterocycles. The smallest absolute Gasteiger partial charge is 0.246 e. The lowest BCUT2D eigenvalue weighted by Crippen LogP contribution is -2.27. The molecule has 21 heavy (non-hydrogen) atoms. The number of nitrogens with one attached hydrogen (secondary N) is 1. The molecular weight excluding hydrogens is 290 g/mol. The van der Waals surface area contributed by atoms with Crippen LogP contribution in [0.4, 0.5) is 0 Å². The maximum Gasteiger partial charge on any atom is 0.246 e. The number of benzene rings is 1. The third-order valence-electron chi connectivity index (χ3n) is 3.42. The number of H-pyrrole nitrogens is 1. The number of hydrogen-bond donors (Lipinski definition) is 1. The van der Waals surface area contributed by atoms with E-state index < -0.39 is 10.0 Å². The summed E-state index contributed by atoms with van der Waals surface area (Å²) in [7, 11) is -0.634. The maximum absolute atomic E-state index is 12.7. The van der Waals surface area contributed by atoms with Gasteiger partial charge in [-0.1, -0.05) is 0 Å². The number of nitrogens with zero attached hydrogens (tertiary/aromatic N) is 2. The van der Waals surface area contributed by atoms with Crippen LogP contribution in [0.15, 0.2) is 29.3 Å². The van der Waals surface area contributed by atoms with Gasteiger partial charge in [-0.25, -0.2) is 8.42 Å². The lowest BCUT2D eigenvalue weighted by atomic mass is 10.1. The molecule has 0 unspecified atom stereocenters. The molecule has 0 aliphatic heterocycles. The summed E-state index contributed by atoms with van der Waals surface area (Å²) >= 11 is 0. The Morgan fingerprint density at radius 1 is 1.29 bits per heavy atom. The molecule has 1 aromatic heterocycles. The minimum Gasteiger partial charge on any atom is -0.495 e. The van der Waals surface area contributed by atoms with Gasteiger partial charge in [-0.2, -0.15) is 9.40 Å². The molecule has 0 fully saturated rings. The van der Waals surface area contributed by atoms with Crippen LogP contribution in [-0.4, -0.2) is 37.1 Å². The van der Waals surface area contributed by atoms with Crippen molar-refractivity contribution in [2.75, 3.05) is 14.2 Å². The van der Waals surface area contributed by atoms with E-state index in [0.29, 0.717) is 5.75 Å². The van der Waals surface area contributed by atoms with Gasteiger partial charge < -0.3 is 4.74 Å². The summed E-state index contributed by atoms with van der Waals surface area (Å²) < 4.78 is 31.9. The van der Waals surface area contributed by atoms with E-state index in [1.54, 1.807) is 24.4 Å². The Labute approximate surface area is 124 Å². The van der Waals surface area contributed by atoms with Crippen LogP contribution in [0.25, 0.3) is 0 Å². The van der Waals surface area contributed by atoms with Crippen molar-refractivity contribution in [1.82, 2.24) is 14.5 Å². The summed E-state index contributed by atoms with van der Waals surface area (Å²) in [5, 5.41) is 6.57. The molecule has 0 spiro atoms. The lowest BCUT2D eigenvalue weighted by Gasteiger charge is -2.19. The molecule has 7 heteroatoms. The van der Waals surface area contributed by atoms with E-state index in [0.717, 1.165) is 16.8 Å². The molecule has 0 bridgehead atoms.